The fourth-order valence-corrected chi connectivity index (χ4v) is 3.18. The third-order valence-corrected chi connectivity index (χ3v) is 4.76. The topological polar surface area (TPSA) is 111 Å². The Morgan fingerprint density at radius 1 is 1.13 bits per heavy atom. The lowest BCUT2D eigenvalue weighted by Gasteiger charge is -2.09. The summed E-state index contributed by atoms with van der Waals surface area (Å²) < 4.78 is 17.6. The van der Waals surface area contributed by atoms with Crippen LogP contribution < -0.4 is 5.43 Å². The molecule has 0 saturated carbocycles. The van der Waals surface area contributed by atoms with Gasteiger partial charge in [-0.2, -0.15) is 0 Å². The fraction of sp³-hybridized carbons (Fsp3) is 0.125. The molecule has 1 atom stereocenters. The summed E-state index contributed by atoms with van der Waals surface area (Å²) >= 11 is -1.42. The minimum absolute atomic E-state index is 0.0100. The van der Waals surface area contributed by atoms with Gasteiger partial charge < -0.3 is 19.2 Å². The quantitative estimate of drug-likeness (QED) is 0.556. The summed E-state index contributed by atoms with van der Waals surface area (Å²) in [6.07, 6.45) is 0. The molecule has 0 aliphatic heterocycles. The Morgan fingerprint density at radius 3 is 2.43 bits per heavy atom. The first-order chi connectivity index (χ1) is 11.0. The largest absolute Gasteiger partial charge is 0.611 e. The van der Waals surface area contributed by atoms with E-state index >= 15 is 0 Å². The lowest BCUT2D eigenvalue weighted by molar-refractivity contribution is 0.0697. The molecule has 118 valence electrons. The molecule has 1 unspecified atom stereocenters. The zero-order chi connectivity index (χ0) is 16.6. The van der Waals surface area contributed by atoms with Gasteiger partial charge in [-0.05, 0) is 41.5 Å². The van der Waals surface area contributed by atoms with E-state index in [1.165, 1.54) is 24.3 Å². The number of fused-ring (bicyclic) bond motifs is 2. The minimum Gasteiger partial charge on any atom is -0.611 e. The zero-order valence-corrected chi connectivity index (χ0v) is 12.6. The molecular weight excluding hydrogens is 320 g/mol. The first-order valence-electron chi connectivity index (χ1n) is 6.74. The van der Waals surface area contributed by atoms with E-state index in [9.17, 15) is 14.1 Å². The smallest absolute Gasteiger partial charge is 0.335 e. The van der Waals surface area contributed by atoms with Crippen LogP contribution in [0.4, 0.5) is 0 Å². The van der Waals surface area contributed by atoms with Gasteiger partial charge in [-0.25, -0.2) is 4.79 Å². The summed E-state index contributed by atoms with van der Waals surface area (Å²) in [6.45, 7) is -0.223. The number of rotatable bonds is 4. The molecule has 0 saturated heterocycles. The van der Waals surface area contributed by atoms with E-state index in [1.54, 1.807) is 12.1 Å². The number of hydrogen-bond acceptors (Lipinski definition) is 5. The predicted octanol–water partition coefficient (Wildman–Crippen LogP) is 1.74. The fourth-order valence-electron chi connectivity index (χ4n) is 2.31. The highest BCUT2D eigenvalue weighted by Gasteiger charge is 2.15. The van der Waals surface area contributed by atoms with E-state index in [4.69, 9.17) is 14.6 Å². The van der Waals surface area contributed by atoms with Gasteiger partial charge in [0.05, 0.1) is 22.9 Å². The molecule has 2 aromatic carbocycles. The van der Waals surface area contributed by atoms with E-state index in [-0.39, 0.29) is 39.7 Å². The molecule has 0 aliphatic rings. The number of carboxylic acid groups (broad SMARTS) is 1. The van der Waals surface area contributed by atoms with Crippen LogP contribution in [0.1, 0.15) is 10.4 Å². The molecule has 23 heavy (non-hydrogen) atoms. The van der Waals surface area contributed by atoms with Crippen LogP contribution in [0.25, 0.3) is 21.9 Å². The van der Waals surface area contributed by atoms with Crippen LogP contribution in [0.15, 0.2) is 50.5 Å². The Bertz CT molecular complexity index is 962. The van der Waals surface area contributed by atoms with Gasteiger partial charge in [0.15, 0.2) is 4.90 Å². The SMILES string of the molecule is O=C(O)c1ccc2oc3ccc([S+]([O-])CCO)cc3c(=O)c2c1. The van der Waals surface area contributed by atoms with Crippen molar-refractivity contribution < 1.29 is 24.0 Å². The molecule has 1 aromatic heterocycles. The molecule has 3 rings (SSSR count). The van der Waals surface area contributed by atoms with Gasteiger partial charge in [0.1, 0.15) is 16.9 Å². The van der Waals surface area contributed by atoms with E-state index in [2.05, 4.69) is 0 Å². The lowest BCUT2D eigenvalue weighted by Crippen LogP contribution is -2.11. The molecule has 6 nitrogen and oxygen atoms in total. The third kappa shape index (κ3) is 2.81. The molecular formula is C16H12O6S. The van der Waals surface area contributed by atoms with Crippen molar-refractivity contribution in [2.75, 3.05) is 12.4 Å². The Kier molecular flexibility index (Phi) is 4.08. The van der Waals surface area contributed by atoms with E-state index in [0.29, 0.717) is 10.5 Å². The standard InChI is InChI=1S/C16H12O6S/c17-5-6-23(21)10-2-4-14-12(8-10)15(18)11-7-9(16(19)20)1-3-13(11)22-14/h1-4,7-8,17H,5-6H2,(H,19,20). The van der Waals surface area contributed by atoms with Gasteiger partial charge >= 0.3 is 5.97 Å². The van der Waals surface area contributed by atoms with Crippen molar-refractivity contribution in [1.29, 1.82) is 0 Å². The average molecular weight is 332 g/mol. The molecule has 0 amide bonds. The van der Waals surface area contributed by atoms with Crippen molar-refractivity contribution in [3.05, 3.63) is 52.2 Å². The minimum atomic E-state index is -1.42. The van der Waals surface area contributed by atoms with Gasteiger partial charge in [0, 0.05) is 6.07 Å². The van der Waals surface area contributed by atoms with Crippen LogP contribution in [0.3, 0.4) is 0 Å². The van der Waals surface area contributed by atoms with Gasteiger partial charge in [-0.3, -0.25) is 4.79 Å². The molecule has 1 heterocycles. The second-order valence-electron chi connectivity index (χ2n) is 4.88. The van der Waals surface area contributed by atoms with Gasteiger partial charge in [0.2, 0.25) is 5.43 Å². The number of aliphatic hydroxyl groups is 1. The maximum absolute atomic E-state index is 12.6. The summed E-state index contributed by atoms with van der Waals surface area (Å²) in [6, 6.07) is 8.65. The van der Waals surface area contributed by atoms with E-state index in [0.717, 1.165) is 0 Å². The van der Waals surface area contributed by atoms with Gasteiger partial charge in [0.25, 0.3) is 0 Å². The molecule has 7 heteroatoms. The Labute approximate surface area is 133 Å². The molecule has 0 aliphatic carbocycles. The van der Waals surface area contributed by atoms with Crippen molar-refractivity contribution in [3.63, 3.8) is 0 Å². The number of aliphatic hydroxyl groups excluding tert-OH is 1. The van der Waals surface area contributed by atoms with Crippen LogP contribution in [0, 0.1) is 0 Å². The summed E-state index contributed by atoms with van der Waals surface area (Å²) in [5, 5.41) is 18.3. The highest BCUT2D eigenvalue weighted by molar-refractivity contribution is 7.91. The highest BCUT2D eigenvalue weighted by Crippen LogP contribution is 2.22. The first kappa shape index (κ1) is 15.5. The third-order valence-electron chi connectivity index (χ3n) is 3.43. The van der Waals surface area contributed by atoms with Crippen LogP contribution in [0.5, 0.6) is 0 Å². The van der Waals surface area contributed by atoms with Gasteiger partial charge in [-0.15, -0.1) is 0 Å². The monoisotopic (exact) mass is 332 g/mol. The van der Waals surface area contributed by atoms with Crippen molar-refractivity contribution in [2.24, 2.45) is 0 Å². The number of carbonyl (C=O) groups is 1. The van der Waals surface area contributed by atoms with Crippen LogP contribution in [-0.4, -0.2) is 33.1 Å². The second kappa shape index (κ2) is 6.04. The first-order valence-corrected chi connectivity index (χ1v) is 8.06. The molecule has 0 spiro atoms. The molecule has 0 radical (unpaired) electrons. The highest BCUT2D eigenvalue weighted by atomic mass is 32.2. The zero-order valence-electron chi connectivity index (χ0n) is 11.8. The Hall–Kier alpha value is -2.35. The summed E-state index contributed by atoms with van der Waals surface area (Å²) in [4.78, 5) is 24.0. The van der Waals surface area contributed by atoms with Crippen LogP contribution >= 0.6 is 0 Å². The molecule has 3 aromatic rings. The number of benzene rings is 2. The molecule has 0 bridgehead atoms. The molecule has 2 N–H and O–H groups in total. The summed E-state index contributed by atoms with van der Waals surface area (Å²) in [7, 11) is 0. The number of aromatic carboxylic acids is 1. The Morgan fingerprint density at radius 2 is 1.78 bits per heavy atom. The maximum Gasteiger partial charge on any atom is 0.335 e. The number of hydrogen-bond donors (Lipinski definition) is 2. The second-order valence-corrected chi connectivity index (χ2v) is 6.45. The average Bonchev–Trinajstić information content (AvgIpc) is 2.54. The predicted molar refractivity (Wildman–Crippen MR) is 85.3 cm³/mol. The van der Waals surface area contributed by atoms with Gasteiger partial charge in [-0.1, -0.05) is 0 Å². The van der Waals surface area contributed by atoms with Crippen molar-refractivity contribution in [2.45, 2.75) is 4.90 Å². The number of carboxylic acids is 1. The van der Waals surface area contributed by atoms with Crippen LogP contribution in [0.2, 0.25) is 0 Å². The normalized spacial score (nSPS) is 12.6. The lowest BCUT2D eigenvalue weighted by atomic mass is 10.1. The van der Waals surface area contributed by atoms with Crippen molar-refractivity contribution in [3.8, 4) is 0 Å². The van der Waals surface area contributed by atoms with Crippen molar-refractivity contribution >= 4 is 39.1 Å². The van der Waals surface area contributed by atoms with E-state index in [1.807, 2.05) is 0 Å². The summed E-state index contributed by atoms with van der Waals surface area (Å²) in [5.74, 6) is -1.06. The van der Waals surface area contributed by atoms with Crippen LogP contribution in [-0.2, 0) is 11.2 Å². The van der Waals surface area contributed by atoms with Crippen molar-refractivity contribution in [1.82, 2.24) is 0 Å². The Balaban J connectivity index is 2.26. The maximum atomic E-state index is 12.6. The molecule has 0 fully saturated rings. The van der Waals surface area contributed by atoms with E-state index < -0.39 is 17.1 Å². The summed E-state index contributed by atoms with van der Waals surface area (Å²) in [5.41, 5.74) is 0.225.